The second kappa shape index (κ2) is 47.0. The summed E-state index contributed by atoms with van der Waals surface area (Å²) in [7, 11) is 0. The molecule has 642 valence electrons. The Kier molecular flexibility index (Phi) is 36.1. The zero-order valence-electron chi connectivity index (χ0n) is 66.2. The number of aromatic hydroxyl groups is 2. The number of benzene rings is 8. The van der Waals surface area contributed by atoms with Crippen molar-refractivity contribution in [3.63, 3.8) is 0 Å². The Bertz CT molecular complexity index is 5530. The van der Waals surface area contributed by atoms with Gasteiger partial charge in [0.15, 0.2) is 0 Å². The Morgan fingerprint density at radius 2 is 0.919 bits per heavy atom. The molecule has 2 atom stereocenters. The minimum atomic E-state index is -5.08. The highest BCUT2D eigenvalue weighted by atomic mass is 35.5. The van der Waals surface area contributed by atoms with Crippen LogP contribution in [0.25, 0.3) is 21.1 Å². The number of alkyl halides is 3. The predicted molar refractivity (Wildman–Crippen MR) is 467 cm³/mol. The Morgan fingerprint density at radius 3 is 1.30 bits per heavy atom. The third-order valence-corrected chi connectivity index (χ3v) is 20.5. The second-order valence-electron chi connectivity index (χ2n) is 27.7. The number of phenols is 2. The van der Waals surface area contributed by atoms with Crippen molar-refractivity contribution in [1.29, 1.82) is 0 Å². The number of anilines is 2. The fraction of sp³-hybridized carbons (Fsp3) is 0.218. The van der Waals surface area contributed by atoms with Gasteiger partial charge < -0.3 is 77.2 Å². The molecule has 0 saturated carbocycles. The highest BCUT2D eigenvalue weighted by Gasteiger charge is 2.38. The molecular formula is C87H85Cl4F3N14O13S2. The maximum Gasteiger partial charge on any atom is 0.490 e. The molecule has 14 rings (SSSR count). The fourth-order valence-corrected chi connectivity index (χ4v) is 13.5. The van der Waals surface area contributed by atoms with Gasteiger partial charge in [-0.15, -0.1) is 22.7 Å². The van der Waals surface area contributed by atoms with Crippen molar-refractivity contribution >= 4 is 117 Å². The number of nitrogens with two attached hydrogens (primary N) is 1. The van der Waals surface area contributed by atoms with E-state index in [4.69, 9.17) is 91.4 Å². The summed E-state index contributed by atoms with van der Waals surface area (Å²) in [6.45, 7) is 10.2. The molecule has 0 aliphatic carbocycles. The van der Waals surface area contributed by atoms with Crippen LogP contribution in [-0.4, -0.2) is 141 Å². The van der Waals surface area contributed by atoms with E-state index in [2.05, 4.69) is 56.8 Å². The van der Waals surface area contributed by atoms with Crippen LogP contribution in [0.15, 0.2) is 230 Å². The van der Waals surface area contributed by atoms with E-state index in [1.165, 1.54) is 59.1 Å². The van der Waals surface area contributed by atoms with E-state index in [-0.39, 0.29) is 46.9 Å². The topological polar surface area (TPSA) is 390 Å². The van der Waals surface area contributed by atoms with E-state index < -0.39 is 23.7 Å². The summed E-state index contributed by atoms with van der Waals surface area (Å²) in [5.74, 6) is -1.65. The Morgan fingerprint density at radius 1 is 0.520 bits per heavy atom. The number of aliphatic carboxylic acids is 1. The molecule has 4 amide bonds. The number of likely N-dealkylation sites (tertiary alicyclic amines) is 1. The number of ether oxygens (including phenoxy) is 3. The summed E-state index contributed by atoms with van der Waals surface area (Å²) in [5, 5.41) is 54.9. The molecular weight excluding hydrogens is 1710 g/mol. The summed E-state index contributed by atoms with van der Waals surface area (Å²) in [4.78, 5) is 99.2. The second-order valence-corrected chi connectivity index (χ2v) is 31.0. The molecule has 4 aromatic heterocycles. The zero-order valence-corrected chi connectivity index (χ0v) is 70.9. The van der Waals surface area contributed by atoms with Gasteiger partial charge in [-0.2, -0.15) is 13.2 Å². The monoisotopic (exact) mass is 1790 g/mol. The van der Waals surface area contributed by atoms with Gasteiger partial charge in [0.1, 0.15) is 38.4 Å². The number of halogens is 7. The number of amides is 4. The van der Waals surface area contributed by atoms with Crippen LogP contribution in [0.2, 0.25) is 20.1 Å². The van der Waals surface area contributed by atoms with Crippen LogP contribution in [0.1, 0.15) is 110 Å². The molecule has 2 aliphatic heterocycles. The smallest absolute Gasteiger partial charge is 0.490 e. The lowest BCUT2D eigenvalue weighted by Gasteiger charge is -2.34. The number of carboxylic acid groups (broad SMARTS) is 2. The first kappa shape index (κ1) is 94.3. The molecule has 27 nitrogen and oxygen atoms in total. The maximum absolute atomic E-state index is 12.8. The summed E-state index contributed by atoms with van der Waals surface area (Å²) in [5.41, 5.74) is 14.6. The number of aromatic carboxylic acids is 1. The normalized spacial score (nSPS) is 13.3. The summed E-state index contributed by atoms with van der Waals surface area (Å²) in [6, 6.07) is 59.2. The van der Waals surface area contributed by atoms with Crippen molar-refractivity contribution in [3.8, 4) is 55.9 Å². The SMILES string of the molecule is CC(C)(C)OC(=O)N1CCC[C@H](Nc2nccc(-c3scnc3Oc3cccc(C(=O)NCc4ccccc4Cl)c3)n2)C1.NCc1ccccc1Cl.O=C(NCc1ccccc1Cl)c1cccc(O)c1.O=C(NCc1ccccc1Cl)c1cccc(Oc2ncsc2-c2ccnc(N[C@H]3CCCNC3)n2)c1.O=C(O)C(F)(F)F.O=C(O)c1cccc(O)c1. The number of hydrogen-bond donors (Lipinski definition) is 11. The number of nitrogens with one attached hydrogen (secondary N) is 6. The quantitative estimate of drug-likeness (QED) is 0.0318. The minimum Gasteiger partial charge on any atom is -0.508 e. The average molecular weight is 1800 g/mol. The van der Waals surface area contributed by atoms with Crippen molar-refractivity contribution in [2.75, 3.05) is 36.8 Å². The van der Waals surface area contributed by atoms with E-state index in [0.717, 1.165) is 81.5 Å². The van der Waals surface area contributed by atoms with Crippen LogP contribution in [0, 0.1) is 0 Å². The standard InChI is InChI=1S/C31H33ClN6O4S.C26H25ClN6O2S.C14H12ClNO2.C7H8ClN.C7H6O3.C2HF3O2/c1-31(2,3)42-30(40)38-15-7-10-22(18-38)36-29-33-14-13-25(37-29)26-28(35-19-43-26)41-23-11-6-9-20(16-23)27(39)34-17-21-8-4-5-12-24(21)32;27-21-9-2-1-5-18(21)14-30-24(34)17-6-3-8-20(13-17)35-25-23(36-16-31-25)22-10-12-29-26(33-22)32-19-7-4-11-28-15-19;15-13-7-2-1-4-11(13)9-16-14(18)10-5-3-6-12(17)8-10;8-7-4-2-1-3-6(7)5-9;8-6-3-1-2-5(4-6)7(9)10;3-2(4,5)1(6)7/h4-6,8-9,11-14,16,19,22H,7,10,15,17-18H2,1-3H3,(H,34,39)(H,33,36,37);1-3,5-6,8-10,12-13,16,19,28H,4,7,11,14-15H2,(H,30,34)(H,29,32,33);1-8,17H,9H2,(H,16,18);1-4H,5,9H2;1-4,8H,(H,9,10);(H,6,7)/t22-;19-;;;;/m00..../s1. The van der Waals surface area contributed by atoms with Crippen molar-refractivity contribution in [2.45, 2.75) is 96.5 Å². The molecule has 2 saturated heterocycles. The summed E-state index contributed by atoms with van der Waals surface area (Å²) >= 11 is 27.0. The molecule has 0 unspecified atom stereocenters. The van der Waals surface area contributed by atoms with Gasteiger partial charge in [0, 0.05) is 107 Å². The van der Waals surface area contributed by atoms with E-state index in [0.29, 0.717) is 118 Å². The molecule has 6 heterocycles. The van der Waals surface area contributed by atoms with Crippen molar-refractivity contribution in [1.82, 2.24) is 56.1 Å². The third kappa shape index (κ3) is 31.1. The van der Waals surface area contributed by atoms with Gasteiger partial charge >= 0.3 is 24.2 Å². The lowest BCUT2D eigenvalue weighted by Crippen LogP contribution is -2.47. The van der Waals surface area contributed by atoms with Gasteiger partial charge in [0.05, 0.1) is 28.0 Å². The summed E-state index contributed by atoms with van der Waals surface area (Å²) < 4.78 is 49.5. The number of nitrogens with zero attached hydrogens (tertiary/aromatic N) is 7. The highest BCUT2D eigenvalue weighted by Crippen LogP contribution is 2.38. The van der Waals surface area contributed by atoms with Crippen LogP contribution in [-0.2, 0) is 35.7 Å². The maximum atomic E-state index is 12.8. The van der Waals surface area contributed by atoms with Crippen LogP contribution >= 0.6 is 69.1 Å². The first-order valence-electron chi connectivity index (χ1n) is 37.9. The van der Waals surface area contributed by atoms with E-state index in [9.17, 15) is 42.3 Å². The molecule has 2 fully saturated rings. The Labute approximate surface area is 733 Å². The number of aromatic nitrogens is 6. The van der Waals surface area contributed by atoms with Gasteiger partial charge in [-0.05, 0) is 184 Å². The number of carbonyl (C=O) groups is 6. The first-order valence-corrected chi connectivity index (χ1v) is 41.1. The van der Waals surface area contributed by atoms with E-state index in [1.54, 1.807) is 113 Å². The highest BCUT2D eigenvalue weighted by molar-refractivity contribution is 7.13. The lowest BCUT2D eigenvalue weighted by molar-refractivity contribution is -0.192. The van der Waals surface area contributed by atoms with E-state index in [1.807, 2.05) is 106 Å². The number of carboxylic acids is 2. The van der Waals surface area contributed by atoms with Gasteiger partial charge in [-0.3, -0.25) is 14.4 Å². The molecule has 0 bridgehead atoms. The van der Waals surface area contributed by atoms with Gasteiger partial charge in [-0.25, -0.2) is 44.3 Å². The largest absolute Gasteiger partial charge is 0.508 e. The molecule has 36 heteroatoms. The minimum absolute atomic E-state index is 0.0134. The number of hydrogen-bond acceptors (Lipinski definition) is 23. The number of phenolic OH excluding ortho intramolecular Hbond substituents is 2. The molecule has 0 spiro atoms. The predicted octanol–water partition coefficient (Wildman–Crippen LogP) is 18.4. The molecule has 12 N–H and O–H groups in total. The average Bonchev–Trinajstić information content (AvgIpc) is 1.69. The van der Waals surface area contributed by atoms with Crippen molar-refractivity contribution in [3.05, 3.63) is 294 Å². The van der Waals surface area contributed by atoms with E-state index >= 15 is 0 Å². The van der Waals surface area contributed by atoms with Crippen LogP contribution < -0.4 is 47.1 Å². The Balaban J connectivity index is 0.000000190. The summed E-state index contributed by atoms with van der Waals surface area (Å²) in [6.07, 6.45) is 1.94. The molecule has 0 radical (unpaired) electrons. The number of thiazole rings is 2. The van der Waals surface area contributed by atoms with Gasteiger partial charge in [0.2, 0.25) is 23.7 Å². The van der Waals surface area contributed by atoms with Gasteiger partial charge in [0.25, 0.3) is 17.7 Å². The first-order chi connectivity index (χ1) is 58.9. The molecule has 2 aliphatic rings. The van der Waals surface area contributed by atoms with Crippen LogP contribution in [0.3, 0.4) is 0 Å². The van der Waals surface area contributed by atoms with Gasteiger partial charge in [-0.1, -0.05) is 143 Å². The van der Waals surface area contributed by atoms with Crippen LogP contribution in [0.4, 0.5) is 29.9 Å². The molecule has 123 heavy (non-hydrogen) atoms. The zero-order chi connectivity index (χ0) is 88.4. The molecule has 8 aromatic carbocycles. The lowest BCUT2D eigenvalue weighted by atomic mass is 10.1. The Hall–Kier alpha value is -12.5. The fourth-order valence-electron chi connectivity index (χ4n) is 11.3. The van der Waals surface area contributed by atoms with Crippen molar-refractivity contribution in [2.24, 2.45) is 5.73 Å². The van der Waals surface area contributed by atoms with Crippen LogP contribution in [0.5, 0.6) is 34.8 Å². The van der Waals surface area contributed by atoms with Crippen molar-refractivity contribution < 1.29 is 76.6 Å². The third-order valence-electron chi connectivity index (χ3n) is 17.3. The number of rotatable bonds is 21. The molecule has 12 aromatic rings. The number of piperidine rings is 2. The number of carbonyl (C=O) groups excluding carboxylic acids is 4.